The molecule has 10 nitrogen and oxygen atoms in total. The molecule has 5 heterocycles. The molecular formula is C28H30N6O4S. The molecule has 1 saturated heterocycles. The Bertz CT molecular complexity index is 1640. The van der Waals surface area contributed by atoms with E-state index in [9.17, 15) is 18.3 Å². The van der Waals surface area contributed by atoms with Gasteiger partial charge in [-0.3, -0.25) is 14.8 Å². The van der Waals surface area contributed by atoms with Gasteiger partial charge >= 0.3 is 0 Å². The van der Waals surface area contributed by atoms with Gasteiger partial charge in [0.05, 0.1) is 46.2 Å². The summed E-state index contributed by atoms with van der Waals surface area (Å²) in [5, 5.41) is 13.4. The van der Waals surface area contributed by atoms with Crippen LogP contribution in [0.3, 0.4) is 0 Å². The topological polar surface area (TPSA) is 138 Å². The maximum atomic E-state index is 12.6. The lowest BCUT2D eigenvalue weighted by atomic mass is 9.83. The van der Waals surface area contributed by atoms with Crippen molar-refractivity contribution >= 4 is 32.5 Å². The van der Waals surface area contributed by atoms with Gasteiger partial charge < -0.3 is 15.3 Å². The van der Waals surface area contributed by atoms with Crippen LogP contribution in [0.1, 0.15) is 35.8 Å². The van der Waals surface area contributed by atoms with Gasteiger partial charge in [-0.05, 0) is 49.2 Å². The van der Waals surface area contributed by atoms with Crippen molar-refractivity contribution in [3.63, 3.8) is 0 Å². The molecule has 202 valence electrons. The quantitative estimate of drug-likeness (QED) is 0.358. The van der Waals surface area contributed by atoms with Crippen LogP contribution in [0.4, 0.5) is 5.82 Å². The number of aromatic nitrogens is 4. The van der Waals surface area contributed by atoms with Crippen LogP contribution < -0.4 is 10.2 Å². The second kappa shape index (κ2) is 10.7. The molecule has 1 aliphatic heterocycles. The lowest BCUT2D eigenvalue weighted by Crippen LogP contribution is -2.44. The van der Waals surface area contributed by atoms with Crippen LogP contribution in [0.15, 0.2) is 66.0 Å². The summed E-state index contributed by atoms with van der Waals surface area (Å²) in [4.78, 5) is 32.8. The number of aliphatic hydroxyl groups excluding tert-OH is 1. The second-order valence-electron chi connectivity index (χ2n) is 10.3. The normalized spacial score (nSPS) is 17.8. The Kier molecular flexibility index (Phi) is 7.28. The average Bonchev–Trinajstić information content (AvgIpc) is 2.95. The maximum absolute atomic E-state index is 12.6. The van der Waals surface area contributed by atoms with Crippen molar-refractivity contribution in [2.24, 2.45) is 5.41 Å². The Balaban J connectivity index is 1.34. The van der Waals surface area contributed by atoms with Crippen molar-refractivity contribution in [2.75, 3.05) is 30.9 Å². The van der Waals surface area contributed by atoms with Crippen molar-refractivity contribution in [1.82, 2.24) is 25.3 Å². The largest absolute Gasteiger partial charge is 0.396 e. The third kappa shape index (κ3) is 6.04. The SMILES string of the molecule is C[C@@]1(CO)CCCN(c2cccc(-c3ccc4cnc(CNC(=O)c5cncc(S(C)(=O)=O)c5)cc4n3)n2)C1. The molecule has 2 N–H and O–H groups in total. The van der Waals surface area contributed by atoms with Crippen LogP contribution in [0.25, 0.3) is 22.3 Å². The summed E-state index contributed by atoms with van der Waals surface area (Å²) in [5.74, 6) is 0.411. The van der Waals surface area contributed by atoms with Crippen molar-refractivity contribution < 1.29 is 18.3 Å². The Morgan fingerprint density at radius 3 is 2.72 bits per heavy atom. The number of amides is 1. The van der Waals surface area contributed by atoms with Gasteiger partial charge in [0.1, 0.15) is 5.82 Å². The van der Waals surface area contributed by atoms with E-state index in [0.717, 1.165) is 54.8 Å². The van der Waals surface area contributed by atoms with Gasteiger partial charge in [-0.25, -0.2) is 18.4 Å². The molecule has 1 aliphatic rings. The molecule has 1 amide bonds. The molecule has 1 fully saturated rings. The van der Waals surface area contributed by atoms with Gasteiger partial charge in [0.15, 0.2) is 9.84 Å². The summed E-state index contributed by atoms with van der Waals surface area (Å²) in [6.45, 7) is 4.03. The molecule has 0 aliphatic carbocycles. The number of fused-ring (bicyclic) bond motifs is 1. The predicted molar refractivity (Wildman–Crippen MR) is 148 cm³/mol. The molecule has 0 bridgehead atoms. The van der Waals surface area contributed by atoms with E-state index >= 15 is 0 Å². The number of sulfone groups is 1. The predicted octanol–water partition coefficient (Wildman–Crippen LogP) is 3.02. The fraction of sp³-hybridized carbons (Fsp3) is 0.321. The average molecular weight is 547 g/mol. The van der Waals surface area contributed by atoms with Gasteiger partial charge in [0.25, 0.3) is 5.91 Å². The zero-order valence-corrected chi connectivity index (χ0v) is 22.6. The molecule has 0 unspecified atom stereocenters. The molecule has 11 heteroatoms. The van der Waals surface area contributed by atoms with Crippen molar-refractivity contribution in [3.05, 3.63) is 72.3 Å². The number of carbonyl (C=O) groups excluding carboxylic acids is 1. The van der Waals surface area contributed by atoms with Crippen LogP contribution in [0, 0.1) is 5.41 Å². The van der Waals surface area contributed by atoms with Gasteiger partial charge in [0, 0.05) is 48.7 Å². The van der Waals surface area contributed by atoms with E-state index in [1.165, 1.54) is 18.5 Å². The van der Waals surface area contributed by atoms with Gasteiger partial charge in [-0.15, -0.1) is 0 Å². The first-order valence-corrected chi connectivity index (χ1v) is 14.5. The second-order valence-corrected chi connectivity index (χ2v) is 12.3. The Labute approximate surface area is 227 Å². The zero-order chi connectivity index (χ0) is 27.6. The number of nitrogens with one attached hydrogen (secondary N) is 1. The lowest BCUT2D eigenvalue weighted by molar-refractivity contribution is 0.0950. The number of hydrogen-bond donors (Lipinski definition) is 2. The van der Waals surface area contributed by atoms with E-state index < -0.39 is 15.7 Å². The number of rotatable bonds is 7. The molecule has 5 rings (SSSR count). The molecule has 4 aromatic heterocycles. The summed E-state index contributed by atoms with van der Waals surface area (Å²) in [7, 11) is -3.47. The molecule has 0 aromatic carbocycles. The first-order valence-electron chi connectivity index (χ1n) is 12.7. The van der Waals surface area contributed by atoms with Gasteiger partial charge in [-0.1, -0.05) is 13.0 Å². The van der Waals surface area contributed by atoms with Crippen LogP contribution in [-0.4, -0.2) is 65.3 Å². The summed E-state index contributed by atoms with van der Waals surface area (Å²) in [5.41, 5.74) is 2.80. The lowest BCUT2D eigenvalue weighted by Gasteiger charge is -2.40. The number of aliphatic hydroxyl groups is 1. The number of hydrogen-bond acceptors (Lipinski definition) is 9. The third-order valence-corrected chi connectivity index (χ3v) is 8.03. The van der Waals surface area contributed by atoms with E-state index in [2.05, 4.69) is 27.1 Å². The number of nitrogens with zero attached hydrogens (tertiary/aromatic N) is 5. The summed E-state index contributed by atoms with van der Waals surface area (Å²) in [6, 6.07) is 12.8. The Morgan fingerprint density at radius 1 is 1.10 bits per heavy atom. The molecule has 0 saturated carbocycles. The summed E-state index contributed by atoms with van der Waals surface area (Å²) in [6.07, 6.45) is 7.30. The van der Waals surface area contributed by atoms with E-state index in [4.69, 9.17) is 9.97 Å². The first-order chi connectivity index (χ1) is 18.6. The minimum absolute atomic E-state index is 0.0175. The fourth-order valence-corrected chi connectivity index (χ4v) is 5.29. The maximum Gasteiger partial charge on any atom is 0.253 e. The highest BCUT2D eigenvalue weighted by molar-refractivity contribution is 7.90. The van der Waals surface area contributed by atoms with Crippen LogP contribution in [0.2, 0.25) is 0 Å². The Hall–Kier alpha value is -3.96. The zero-order valence-electron chi connectivity index (χ0n) is 21.8. The van der Waals surface area contributed by atoms with Crippen molar-refractivity contribution in [1.29, 1.82) is 0 Å². The number of anilines is 1. The van der Waals surface area contributed by atoms with Crippen LogP contribution in [0.5, 0.6) is 0 Å². The van der Waals surface area contributed by atoms with E-state index in [1.54, 1.807) is 6.20 Å². The van der Waals surface area contributed by atoms with Crippen molar-refractivity contribution in [2.45, 2.75) is 31.2 Å². The number of pyridine rings is 4. The highest BCUT2D eigenvalue weighted by Gasteiger charge is 2.31. The van der Waals surface area contributed by atoms with E-state index in [-0.39, 0.29) is 29.0 Å². The van der Waals surface area contributed by atoms with Crippen molar-refractivity contribution in [3.8, 4) is 11.4 Å². The molecule has 39 heavy (non-hydrogen) atoms. The van der Waals surface area contributed by atoms with Gasteiger partial charge in [-0.2, -0.15) is 0 Å². The molecular weight excluding hydrogens is 516 g/mol. The fourth-order valence-electron chi connectivity index (χ4n) is 4.70. The van der Waals surface area contributed by atoms with E-state index in [1.807, 2.05) is 36.4 Å². The highest BCUT2D eigenvalue weighted by atomic mass is 32.2. The minimum atomic E-state index is -3.47. The first kappa shape index (κ1) is 26.6. The van der Waals surface area contributed by atoms with Crippen LogP contribution >= 0.6 is 0 Å². The summed E-state index contributed by atoms with van der Waals surface area (Å²) < 4.78 is 23.5. The molecule has 0 spiro atoms. The number of carbonyl (C=O) groups is 1. The molecule has 0 radical (unpaired) electrons. The molecule has 1 atom stereocenters. The monoisotopic (exact) mass is 546 g/mol. The van der Waals surface area contributed by atoms with Gasteiger partial charge in [0.2, 0.25) is 0 Å². The highest BCUT2D eigenvalue weighted by Crippen LogP contribution is 2.32. The van der Waals surface area contributed by atoms with Crippen LogP contribution in [-0.2, 0) is 16.4 Å². The standard InChI is InChI=1S/C28H30N6O4S/c1-28(18-35)9-4-10-34(17-28)26-6-3-5-23(33-26)24-8-7-19-14-30-21(12-25(19)32-24)15-31-27(36)20-11-22(16-29-13-20)39(2,37)38/h3,5-8,11-14,16,35H,4,9-10,15,17-18H2,1-2H3,(H,31,36)/t28-/m1/s1. The minimum Gasteiger partial charge on any atom is -0.396 e. The Morgan fingerprint density at radius 2 is 1.92 bits per heavy atom. The number of piperidine rings is 1. The third-order valence-electron chi connectivity index (χ3n) is 6.95. The summed E-state index contributed by atoms with van der Waals surface area (Å²) >= 11 is 0. The smallest absolute Gasteiger partial charge is 0.253 e. The molecule has 4 aromatic rings. The van der Waals surface area contributed by atoms with E-state index in [0.29, 0.717) is 11.2 Å².